The number of hydrogen-bond acceptors (Lipinski definition) is 1. The Morgan fingerprint density at radius 1 is 0.960 bits per heavy atom. The topological polar surface area (TPSA) is 9.23 Å². The number of hydrogen-bond donors (Lipinski definition) is 0. The van der Waals surface area contributed by atoms with Crippen molar-refractivity contribution in [3.63, 3.8) is 0 Å². The summed E-state index contributed by atoms with van der Waals surface area (Å²) in [6.45, 7) is 4.42. The second kappa shape index (κ2) is 8.83. The van der Waals surface area contributed by atoms with Gasteiger partial charge in [0.15, 0.2) is 11.6 Å². The highest BCUT2D eigenvalue weighted by Crippen LogP contribution is 2.41. The lowest BCUT2D eigenvalue weighted by Crippen LogP contribution is -2.27. The number of benzene rings is 1. The van der Waals surface area contributed by atoms with E-state index in [1.165, 1.54) is 44.6 Å². The Hall–Kier alpha value is -0.650. The number of allylic oxidation sites excluding steroid dienone is 1. The Balaban J connectivity index is 1.44. The van der Waals surface area contributed by atoms with Crippen molar-refractivity contribution in [2.75, 3.05) is 6.61 Å². The van der Waals surface area contributed by atoms with Crippen LogP contribution in [0.15, 0.2) is 24.8 Å². The minimum atomic E-state index is -0.862. The maximum atomic E-state index is 13.9. The Morgan fingerprint density at radius 3 is 2.16 bits per heavy atom. The van der Waals surface area contributed by atoms with Crippen LogP contribution in [0.25, 0.3) is 0 Å². The van der Waals surface area contributed by atoms with Gasteiger partial charge in [-0.3, -0.25) is 0 Å². The van der Waals surface area contributed by atoms with Crippen LogP contribution in [-0.2, 0) is 0 Å². The third-order valence-corrected chi connectivity index (χ3v) is 7.02. The SMILES string of the molecule is C=CC1CCC(C2CCC(COc3ccc(I)c(F)c3F)CC2)CC1. The van der Waals surface area contributed by atoms with Crippen molar-refractivity contribution in [1.82, 2.24) is 0 Å². The van der Waals surface area contributed by atoms with Gasteiger partial charge in [-0.25, -0.2) is 4.39 Å². The summed E-state index contributed by atoms with van der Waals surface area (Å²) in [7, 11) is 0. The Labute approximate surface area is 163 Å². The maximum absolute atomic E-state index is 13.9. The van der Waals surface area contributed by atoms with Crippen LogP contribution in [0.5, 0.6) is 5.75 Å². The zero-order valence-corrected chi connectivity index (χ0v) is 16.8. The molecule has 0 N–H and O–H groups in total. The molecule has 4 heteroatoms. The molecule has 0 bridgehead atoms. The molecule has 2 saturated carbocycles. The third-order valence-electron chi connectivity index (χ3n) is 6.18. The fourth-order valence-electron chi connectivity index (χ4n) is 4.51. The lowest BCUT2D eigenvalue weighted by atomic mass is 9.69. The first-order chi connectivity index (χ1) is 12.1. The molecule has 0 spiro atoms. The van der Waals surface area contributed by atoms with Crippen molar-refractivity contribution in [3.8, 4) is 5.75 Å². The van der Waals surface area contributed by atoms with Gasteiger partial charge in [-0.05, 0) is 110 Å². The van der Waals surface area contributed by atoms with Gasteiger partial charge in [0, 0.05) is 0 Å². The Kier molecular flexibility index (Phi) is 6.75. The van der Waals surface area contributed by atoms with Gasteiger partial charge >= 0.3 is 0 Å². The average molecular weight is 460 g/mol. The van der Waals surface area contributed by atoms with E-state index in [-0.39, 0.29) is 9.32 Å². The second-order valence-corrected chi connectivity index (χ2v) is 8.84. The molecule has 3 rings (SSSR count). The van der Waals surface area contributed by atoms with Crippen molar-refractivity contribution in [1.29, 1.82) is 0 Å². The first-order valence-corrected chi connectivity index (χ1v) is 10.5. The molecule has 1 aromatic carbocycles. The van der Waals surface area contributed by atoms with Crippen LogP contribution < -0.4 is 4.74 Å². The van der Waals surface area contributed by atoms with Gasteiger partial charge in [-0.15, -0.1) is 6.58 Å². The largest absolute Gasteiger partial charge is 0.490 e. The van der Waals surface area contributed by atoms with E-state index in [2.05, 4.69) is 12.7 Å². The van der Waals surface area contributed by atoms with E-state index in [0.29, 0.717) is 12.5 Å². The molecule has 1 nitrogen and oxygen atoms in total. The lowest BCUT2D eigenvalue weighted by molar-refractivity contribution is 0.127. The molecule has 1 aromatic rings. The van der Waals surface area contributed by atoms with Gasteiger partial charge in [0.25, 0.3) is 0 Å². The summed E-state index contributed by atoms with van der Waals surface area (Å²) in [6, 6.07) is 3.09. The molecule has 0 radical (unpaired) electrons. The highest BCUT2D eigenvalue weighted by Gasteiger charge is 2.30. The third kappa shape index (κ3) is 4.75. The second-order valence-electron chi connectivity index (χ2n) is 7.68. The van der Waals surface area contributed by atoms with E-state index in [0.717, 1.165) is 30.6 Å². The molecular weight excluding hydrogens is 433 g/mol. The maximum Gasteiger partial charge on any atom is 0.201 e. The zero-order valence-electron chi connectivity index (χ0n) is 14.7. The molecule has 2 aliphatic carbocycles. The van der Waals surface area contributed by atoms with E-state index in [1.807, 2.05) is 0 Å². The molecule has 0 amide bonds. The van der Waals surface area contributed by atoms with Gasteiger partial charge in [0.1, 0.15) is 0 Å². The highest BCUT2D eigenvalue weighted by molar-refractivity contribution is 14.1. The molecular formula is C21H27F2IO. The monoisotopic (exact) mass is 460 g/mol. The fraction of sp³-hybridized carbons (Fsp3) is 0.619. The molecule has 0 atom stereocenters. The summed E-state index contributed by atoms with van der Waals surface area (Å²) < 4.78 is 33.3. The minimum Gasteiger partial charge on any atom is -0.490 e. The van der Waals surface area contributed by atoms with E-state index in [4.69, 9.17) is 4.74 Å². The van der Waals surface area contributed by atoms with Crippen molar-refractivity contribution < 1.29 is 13.5 Å². The van der Waals surface area contributed by atoms with Gasteiger partial charge in [0.05, 0.1) is 10.2 Å². The number of rotatable bonds is 5. The number of ether oxygens (including phenoxy) is 1. The van der Waals surface area contributed by atoms with Crippen LogP contribution >= 0.6 is 22.6 Å². The van der Waals surface area contributed by atoms with Crippen LogP contribution in [0.3, 0.4) is 0 Å². The van der Waals surface area contributed by atoms with E-state index in [1.54, 1.807) is 28.7 Å². The van der Waals surface area contributed by atoms with E-state index >= 15 is 0 Å². The summed E-state index contributed by atoms with van der Waals surface area (Å²) in [5, 5.41) is 0. The standard InChI is InChI=1S/C21H27F2IO/c1-2-14-3-7-16(8-4-14)17-9-5-15(6-10-17)13-25-19-12-11-18(24)20(22)21(19)23/h2,11-12,14-17H,1,3-10,13H2. The molecule has 2 aliphatic rings. The predicted octanol–water partition coefficient (Wildman–Crippen LogP) is 6.75. The summed E-state index contributed by atoms with van der Waals surface area (Å²) in [4.78, 5) is 0. The normalized spacial score (nSPS) is 30.0. The van der Waals surface area contributed by atoms with Gasteiger partial charge < -0.3 is 4.74 Å². The quantitative estimate of drug-likeness (QED) is 0.269. The smallest absolute Gasteiger partial charge is 0.201 e. The molecule has 0 saturated heterocycles. The van der Waals surface area contributed by atoms with Crippen LogP contribution in [0.4, 0.5) is 8.78 Å². The van der Waals surface area contributed by atoms with Crippen LogP contribution in [0.2, 0.25) is 0 Å². The predicted molar refractivity (Wildman–Crippen MR) is 106 cm³/mol. The first kappa shape index (κ1) is 19.1. The molecule has 0 aromatic heterocycles. The van der Waals surface area contributed by atoms with Crippen molar-refractivity contribution in [2.24, 2.45) is 23.7 Å². The highest BCUT2D eigenvalue weighted by atomic mass is 127. The van der Waals surface area contributed by atoms with Crippen LogP contribution in [0, 0.1) is 38.9 Å². The summed E-state index contributed by atoms with van der Waals surface area (Å²) in [5.41, 5.74) is 0. The van der Waals surface area contributed by atoms with Crippen molar-refractivity contribution >= 4 is 22.6 Å². The van der Waals surface area contributed by atoms with Crippen molar-refractivity contribution in [3.05, 3.63) is 40.0 Å². The molecule has 0 unspecified atom stereocenters. The zero-order chi connectivity index (χ0) is 17.8. The first-order valence-electron chi connectivity index (χ1n) is 9.47. The van der Waals surface area contributed by atoms with Gasteiger partial charge in [0.2, 0.25) is 5.82 Å². The summed E-state index contributed by atoms with van der Waals surface area (Å²) >= 11 is 1.79. The average Bonchev–Trinajstić information content (AvgIpc) is 2.66. The number of halogens is 3. The molecule has 2 fully saturated rings. The van der Waals surface area contributed by atoms with Gasteiger partial charge in [-0.2, -0.15) is 4.39 Å². The summed E-state index contributed by atoms with van der Waals surface area (Å²) in [5.74, 6) is 1.28. The van der Waals surface area contributed by atoms with Crippen LogP contribution in [-0.4, -0.2) is 6.61 Å². The molecule has 0 heterocycles. The minimum absolute atomic E-state index is 0.0442. The Morgan fingerprint density at radius 2 is 1.56 bits per heavy atom. The van der Waals surface area contributed by atoms with E-state index in [9.17, 15) is 8.78 Å². The fourth-order valence-corrected chi connectivity index (χ4v) is 4.92. The van der Waals surface area contributed by atoms with E-state index < -0.39 is 11.6 Å². The van der Waals surface area contributed by atoms with Gasteiger partial charge in [-0.1, -0.05) is 6.08 Å². The Bertz CT molecular complexity index is 588. The lowest BCUT2D eigenvalue weighted by Gasteiger charge is -2.37. The summed E-state index contributed by atoms with van der Waals surface area (Å²) in [6.07, 6.45) is 12.2. The van der Waals surface area contributed by atoms with Crippen molar-refractivity contribution in [2.45, 2.75) is 51.4 Å². The molecule has 25 heavy (non-hydrogen) atoms. The molecule has 0 aliphatic heterocycles. The van der Waals surface area contributed by atoms with Crippen LogP contribution in [0.1, 0.15) is 51.4 Å². The molecule has 138 valence electrons.